The molecule has 0 spiro atoms. The van der Waals surface area contributed by atoms with Crippen LogP contribution in [0.5, 0.6) is 0 Å². The predicted octanol–water partition coefficient (Wildman–Crippen LogP) is 1.96. The number of amides is 1. The molecule has 128 valence electrons. The van der Waals surface area contributed by atoms with Gasteiger partial charge in [0.05, 0.1) is 5.75 Å². The minimum atomic E-state index is -0.270. The van der Waals surface area contributed by atoms with Crippen LogP contribution in [-0.2, 0) is 11.2 Å². The van der Waals surface area contributed by atoms with Crippen LogP contribution in [0.3, 0.4) is 0 Å². The molecule has 2 rings (SSSR count). The number of aliphatic hydroxyl groups excluding tert-OH is 1. The molecule has 0 unspecified atom stereocenters. The average molecular weight is 347 g/mol. The molecule has 3 N–H and O–H groups in total. The van der Waals surface area contributed by atoms with Gasteiger partial charge >= 0.3 is 0 Å². The number of aromatic amines is 1. The van der Waals surface area contributed by atoms with Gasteiger partial charge in [0.15, 0.2) is 5.16 Å². The molecule has 6 nitrogen and oxygen atoms in total. The van der Waals surface area contributed by atoms with E-state index in [1.54, 1.807) is 6.92 Å². The second-order valence-electron chi connectivity index (χ2n) is 5.54. The van der Waals surface area contributed by atoms with Crippen molar-refractivity contribution in [3.8, 4) is 0 Å². The molecule has 1 aromatic heterocycles. The second-order valence-corrected chi connectivity index (χ2v) is 6.51. The van der Waals surface area contributed by atoms with Gasteiger partial charge in [0.1, 0.15) is 0 Å². The van der Waals surface area contributed by atoms with E-state index in [-0.39, 0.29) is 30.2 Å². The van der Waals surface area contributed by atoms with Crippen LogP contribution in [-0.4, -0.2) is 33.3 Å². The Morgan fingerprint density at radius 1 is 1.29 bits per heavy atom. The van der Waals surface area contributed by atoms with E-state index in [0.717, 1.165) is 11.3 Å². The third-order valence-electron chi connectivity index (χ3n) is 3.69. The van der Waals surface area contributed by atoms with Crippen molar-refractivity contribution in [1.82, 2.24) is 9.97 Å². The SMILES string of the molecule is Cc1ccc(NC(=O)CSc2nc(C)c(CCO)c(=O)[nH]2)cc1C. The van der Waals surface area contributed by atoms with Crippen molar-refractivity contribution in [3.05, 3.63) is 50.9 Å². The smallest absolute Gasteiger partial charge is 0.255 e. The number of hydrogen-bond donors (Lipinski definition) is 3. The minimum Gasteiger partial charge on any atom is -0.396 e. The molecule has 0 aliphatic heterocycles. The zero-order chi connectivity index (χ0) is 17.7. The fraction of sp³-hybridized carbons (Fsp3) is 0.353. The highest BCUT2D eigenvalue weighted by Crippen LogP contribution is 2.16. The summed E-state index contributed by atoms with van der Waals surface area (Å²) >= 11 is 1.17. The van der Waals surface area contributed by atoms with E-state index in [4.69, 9.17) is 5.11 Å². The number of carbonyl (C=O) groups is 1. The van der Waals surface area contributed by atoms with E-state index in [9.17, 15) is 9.59 Å². The highest BCUT2D eigenvalue weighted by Gasteiger charge is 2.10. The van der Waals surface area contributed by atoms with Gasteiger partial charge in [0, 0.05) is 30.0 Å². The summed E-state index contributed by atoms with van der Waals surface area (Å²) in [6.07, 6.45) is 0.270. The van der Waals surface area contributed by atoms with Crippen molar-refractivity contribution >= 4 is 23.4 Å². The highest BCUT2D eigenvalue weighted by atomic mass is 32.2. The summed E-state index contributed by atoms with van der Waals surface area (Å²) in [5.41, 5.74) is 3.81. The Labute approximate surface area is 144 Å². The first-order chi connectivity index (χ1) is 11.4. The Balaban J connectivity index is 1.98. The fourth-order valence-corrected chi connectivity index (χ4v) is 2.92. The zero-order valence-corrected chi connectivity index (χ0v) is 14.8. The minimum absolute atomic E-state index is 0.101. The van der Waals surface area contributed by atoms with Gasteiger partial charge in [-0.15, -0.1) is 0 Å². The van der Waals surface area contributed by atoms with Gasteiger partial charge < -0.3 is 15.4 Å². The van der Waals surface area contributed by atoms with Crippen molar-refractivity contribution in [1.29, 1.82) is 0 Å². The molecule has 1 aromatic carbocycles. The number of aromatic nitrogens is 2. The van der Waals surface area contributed by atoms with E-state index in [0.29, 0.717) is 16.4 Å². The normalized spacial score (nSPS) is 10.7. The molecule has 1 amide bonds. The topological polar surface area (TPSA) is 95.1 Å². The first kappa shape index (κ1) is 18.2. The van der Waals surface area contributed by atoms with E-state index in [1.807, 2.05) is 32.0 Å². The van der Waals surface area contributed by atoms with E-state index in [1.165, 1.54) is 17.3 Å². The number of aliphatic hydroxyl groups is 1. The van der Waals surface area contributed by atoms with Gasteiger partial charge in [0.25, 0.3) is 5.56 Å². The van der Waals surface area contributed by atoms with Gasteiger partial charge in [-0.3, -0.25) is 9.59 Å². The van der Waals surface area contributed by atoms with Crippen molar-refractivity contribution < 1.29 is 9.90 Å². The number of carbonyl (C=O) groups excluding carboxylic acids is 1. The first-order valence-electron chi connectivity index (χ1n) is 7.61. The summed E-state index contributed by atoms with van der Waals surface area (Å²) in [4.78, 5) is 30.9. The monoisotopic (exact) mass is 347 g/mol. The lowest BCUT2D eigenvalue weighted by molar-refractivity contribution is -0.113. The first-order valence-corrected chi connectivity index (χ1v) is 8.60. The molecule has 0 fully saturated rings. The standard InChI is InChI=1S/C17H21N3O3S/c1-10-4-5-13(8-11(10)2)19-15(22)9-24-17-18-12(3)14(6-7-21)16(23)20-17/h4-5,8,21H,6-7,9H2,1-3H3,(H,19,22)(H,18,20,23). The number of hydrogen-bond acceptors (Lipinski definition) is 5. The third kappa shape index (κ3) is 4.69. The second kappa shape index (κ2) is 8.12. The van der Waals surface area contributed by atoms with E-state index < -0.39 is 0 Å². The lowest BCUT2D eigenvalue weighted by Crippen LogP contribution is -2.19. The number of thioether (sulfide) groups is 1. The van der Waals surface area contributed by atoms with Crippen LogP contribution < -0.4 is 10.9 Å². The van der Waals surface area contributed by atoms with Crippen LogP contribution >= 0.6 is 11.8 Å². The Hall–Kier alpha value is -2.12. The van der Waals surface area contributed by atoms with Crippen LogP contribution in [0, 0.1) is 20.8 Å². The summed E-state index contributed by atoms with van der Waals surface area (Å²) in [5, 5.41) is 12.2. The molecule has 0 aliphatic rings. The number of aryl methyl sites for hydroxylation is 3. The summed E-state index contributed by atoms with van der Waals surface area (Å²) in [6, 6.07) is 5.74. The molecule has 1 heterocycles. The number of nitrogens with zero attached hydrogens (tertiary/aromatic N) is 1. The summed E-state index contributed by atoms with van der Waals surface area (Å²) < 4.78 is 0. The molecular weight excluding hydrogens is 326 g/mol. The number of H-pyrrole nitrogens is 1. The van der Waals surface area contributed by atoms with Gasteiger partial charge in [-0.1, -0.05) is 17.8 Å². The molecule has 24 heavy (non-hydrogen) atoms. The maximum atomic E-state index is 12.0. The zero-order valence-electron chi connectivity index (χ0n) is 14.0. The molecule has 0 atom stereocenters. The van der Waals surface area contributed by atoms with Gasteiger partial charge in [0.2, 0.25) is 5.91 Å². The van der Waals surface area contributed by atoms with Crippen molar-refractivity contribution in [3.63, 3.8) is 0 Å². The maximum absolute atomic E-state index is 12.0. The lowest BCUT2D eigenvalue weighted by atomic mass is 10.1. The number of benzene rings is 1. The van der Waals surface area contributed by atoms with Crippen molar-refractivity contribution in [2.75, 3.05) is 17.7 Å². The fourth-order valence-electron chi connectivity index (χ4n) is 2.21. The average Bonchev–Trinajstić information content (AvgIpc) is 2.52. The van der Waals surface area contributed by atoms with Gasteiger partial charge in [-0.25, -0.2) is 4.98 Å². The third-order valence-corrected chi connectivity index (χ3v) is 4.57. The van der Waals surface area contributed by atoms with Crippen LogP contribution in [0.15, 0.2) is 28.2 Å². The number of anilines is 1. The van der Waals surface area contributed by atoms with Crippen molar-refractivity contribution in [2.45, 2.75) is 32.3 Å². The van der Waals surface area contributed by atoms with E-state index in [2.05, 4.69) is 15.3 Å². The lowest BCUT2D eigenvalue weighted by Gasteiger charge is -2.08. The highest BCUT2D eigenvalue weighted by molar-refractivity contribution is 7.99. The summed E-state index contributed by atoms with van der Waals surface area (Å²) in [6.45, 7) is 5.63. The molecule has 0 radical (unpaired) electrons. The van der Waals surface area contributed by atoms with Crippen molar-refractivity contribution in [2.24, 2.45) is 0 Å². The molecule has 0 saturated carbocycles. The molecule has 7 heteroatoms. The van der Waals surface area contributed by atoms with Gasteiger partial charge in [-0.05, 0) is 44.0 Å². The predicted molar refractivity (Wildman–Crippen MR) is 95.7 cm³/mol. The van der Waals surface area contributed by atoms with Crippen LogP contribution in [0.4, 0.5) is 5.69 Å². The molecule has 0 aliphatic carbocycles. The van der Waals surface area contributed by atoms with Crippen LogP contribution in [0.2, 0.25) is 0 Å². The molecule has 0 saturated heterocycles. The quantitative estimate of drug-likeness (QED) is 0.548. The number of rotatable bonds is 6. The molecular formula is C17H21N3O3S. The van der Waals surface area contributed by atoms with E-state index >= 15 is 0 Å². The largest absolute Gasteiger partial charge is 0.396 e. The number of nitrogens with one attached hydrogen (secondary N) is 2. The van der Waals surface area contributed by atoms with Crippen LogP contribution in [0.25, 0.3) is 0 Å². The molecule has 2 aromatic rings. The molecule has 0 bridgehead atoms. The van der Waals surface area contributed by atoms with Crippen LogP contribution in [0.1, 0.15) is 22.4 Å². The Bertz CT molecular complexity index is 802. The Kier molecular flexibility index (Phi) is 6.16. The van der Waals surface area contributed by atoms with Gasteiger partial charge in [-0.2, -0.15) is 0 Å². The Morgan fingerprint density at radius 2 is 2.04 bits per heavy atom. The summed E-state index contributed by atoms with van der Waals surface area (Å²) in [7, 11) is 0. The summed E-state index contributed by atoms with van der Waals surface area (Å²) in [5.74, 6) is -0.0164. The maximum Gasteiger partial charge on any atom is 0.255 e. The Morgan fingerprint density at radius 3 is 2.67 bits per heavy atom.